The Labute approximate surface area is 191 Å². The number of carbonyl (C=O) groups is 2. The molecule has 0 saturated carbocycles. The first-order valence-electron chi connectivity index (χ1n) is 10.4. The highest BCUT2D eigenvalue weighted by Crippen LogP contribution is 2.18. The molecule has 1 aromatic heterocycles. The fraction of sp³-hybridized carbons (Fsp3) is 0.292. The molecule has 0 saturated heterocycles. The van der Waals surface area contributed by atoms with E-state index in [2.05, 4.69) is 15.5 Å². The van der Waals surface area contributed by atoms with Crippen LogP contribution in [0, 0.1) is 5.82 Å². The smallest absolute Gasteiger partial charge is 0.235 e. The number of rotatable bonds is 10. The van der Waals surface area contributed by atoms with E-state index in [9.17, 15) is 14.0 Å². The number of carbonyl (C=O) groups excluding carboxylic acids is 2. The average molecular weight is 455 g/mol. The molecule has 2 aromatic carbocycles. The highest BCUT2D eigenvalue weighted by atomic mass is 32.2. The van der Waals surface area contributed by atoms with Crippen LogP contribution < -0.4 is 5.32 Å². The van der Waals surface area contributed by atoms with Gasteiger partial charge >= 0.3 is 0 Å². The molecule has 1 atom stereocenters. The number of hydrogen-bond donors (Lipinski definition) is 2. The van der Waals surface area contributed by atoms with Gasteiger partial charge in [-0.25, -0.2) is 4.39 Å². The van der Waals surface area contributed by atoms with Crippen LogP contribution in [0.25, 0.3) is 11.3 Å². The van der Waals surface area contributed by atoms with Crippen LogP contribution in [0.1, 0.15) is 19.0 Å². The third kappa shape index (κ3) is 6.95. The Morgan fingerprint density at radius 2 is 1.88 bits per heavy atom. The molecule has 8 heteroatoms. The number of H-pyrrole nitrogens is 1. The second-order valence-corrected chi connectivity index (χ2v) is 8.85. The van der Waals surface area contributed by atoms with Gasteiger partial charge in [0, 0.05) is 30.5 Å². The fourth-order valence-corrected chi connectivity index (χ4v) is 3.97. The summed E-state index contributed by atoms with van der Waals surface area (Å²) in [6.07, 6.45) is 1.60. The summed E-state index contributed by atoms with van der Waals surface area (Å²) in [6.45, 7) is 2.42. The molecular formula is C24H27FN4O2S. The zero-order valence-corrected chi connectivity index (χ0v) is 19.0. The Morgan fingerprint density at radius 3 is 2.59 bits per heavy atom. The molecule has 0 aliphatic rings. The molecule has 168 valence electrons. The third-order valence-electron chi connectivity index (χ3n) is 4.96. The monoisotopic (exact) mass is 454 g/mol. The number of thioether (sulfide) groups is 1. The molecule has 2 amide bonds. The largest absolute Gasteiger partial charge is 0.345 e. The predicted octanol–water partition coefficient (Wildman–Crippen LogP) is 4.37. The normalized spacial score (nSPS) is 11.7. The highest BCUT2D eigenvalue weighted by Gasteiger charge is 2.19. The number of aromatic nitrogens is 2. The molecule has 0 bridgehead atoms. The summed E-state index contributed by atoms with van der Waals surface area (Å²) in [5.74, 6) is -0.450. The Morgan fingerprint density at radius 1 is 1.16 bits per heavy atom. The van der Waals surface area contributed by atoms with Crippen molar-refractivity contribution in [1.29, 1.82) is 0 Å². The lowest BCUT2D eigenvalue weighted by Gasteiger charge is -2.21. The Balaban J connectivity index is 1.37. The van der Waals surface area contributed by atoms with E-state index in [0.717, 1.165) is 29.8 Å². The summed E-state index contributed by atoms with van der Waals surface area (Å²) < 4.78 is 12.9. The number of amides is 2. The number of benzene rings is 2. The number of nitrogens with zero attached hydrogens (tertiary/aromatic N) is 2. The summed E-state index contributed by atoms with van der Waals surface area (Å²) in [6, 6.07) is 17.6. The molecular weight excluding hydrogens is 427 g/mol. The van der Waals surface area contributed by atoms with E-state index in [1.165, 1.54) is 36.0 Å². The standard InChI is InChI=1S/C24H27FN4O2S/c1-17(32-16-23(30)26-20-12-10-19(25)11-13-20)24(31)29(2)14-6-9-21-15-22(28-27-21)18-7-4-3-5-8-18/h3-5,7-8,10-13,15,17H,6,9,14,16H2,1-2H3,(H,26,30)(H,27,28). The van der Waals surface area contributed by atoms with Gasteiger partial charge in [0.1, 0.15) is 5.82 Å². The molecule has 32 heavy (non-hydrogen) atoms. The lowest BCUT2D eigenvalue weighted by Crippen LogP contribution is -2.34. The first-order chi connectivity index (χ1) is 15.4. The second kappa shape index (κ2) is 11.5. The van der Waals surface area contributed by atoms with E-state index in [-0.39, 0.29) is 28.6 Å². The van der Waals surface area contributed by atoms with Crippen molar-refractivity contribution < 1.29 is 14.0 Å². The number of nitrogens with one attached hydrogen (secondary N) is 2. The van der Waals surface area contributed by atoms with Crippen molar-refractivity contribution in [3.8, 4) is 11.3 Å². The first kappa shape index (κ1) is 23.5. The lowest BCUT2D eigenvalue weighted by molar-refractivity contribution is -0.129. The Bertz CT molecular complexity index is 1020. The van der Waals surface area contributed by atoms with E-state index in [1.807, 2.05) is 36.4 Å². The highest BCUT2D eigenvalue weighted by molar-refractivity contribution is 8.01. The van der Waals surface area contributed by atoms with Crippen molar-refractivity contribution in [2.45, 2.75) is 25.0 Å². The van der Waals surface area contributed by atoms with Crippen molar-refractivity contribution in [2.75, 3.05) is 24.7 Å². The summed E-state index contributed by atoms with van der Waals surface area (Å²) in [5.41, 5.74) is 3.54. The van der Waals surface area contributed by atoms with Gasteiger partial charge in [0.2, 0.25) is 11.8 Å². The van der Waals surface area contributed by atoms with E-state index in [0.29, 0.717) is 12.2 Å². The SMILES string of the molecule is CC(SCC(=O)Nc1ccc(F)cc1)C(=O)N(C)CCCc1cc(-c2ccccc2)n[nH]1. The molecule has 0 spiro atoms. The van der Waals surface area contributed by atoms with Crippen molar-refractivity contribution in [3.05, 3.63) is 72.2 Å². The summed E-state index contributed by atoms with van der Waals surface area (Å²) in [4.78, 5) is 26.4. The van der Waals surface area contributed by atoms with Gasteiger partial charge < -0.3 is 10.2 Å². The van der Waals surface area contributed by atoms with E-state index >= 15 is 0 Å². The molecule has 0 fully saturated rings. The van der Waals surface area contributed by atoms with Crippen LogP contribution >= 0.6 is 11.8 Å². The molecule has 0 aliphatic carbocycles. The van der Waals surface area contributed by atoms with Gasteiger partial charge in [-0.1, -0.05) is 30.3 Å². The third-order valence-corrected chi connectivity index (χ3v) is 6.09. The number of halogens is 1. The topological polar surface area (TPSA) is 78.1 Å². The van der Waals surface area contributed by atoms with Crippen molar-refractivity contribution in [3.63, 3.8) is 0 Å². The molecule has 0 radical (unpaired) electrons. The quantitative estimate of drug-likeness (QED) is 0.477. The van der Waals surface area contributed by atoms with E-state index < -0.39 is 0 Å². The van der Waals surface area contributed by atoms with Crippen LogP contribution in [0.3, 0.4) is 0 Å². The van der Waals surface area contributed by atoms with Gasteiger partial charge in [0.15, 0.2) is 0 Å². The molecule has 3 rings (SSSR count). The molecule has 0 aliphatic heterocycles. The van der Waals surface area contributed by atoms with Gasteiger partial charge in [0.05, 0.1) is 16.7 Å². The van der Waals surface area contributed by atoms with Gasteiger partial charge in [-0.05, 0) is 50.1 Å². The van der Waals surface area contributed by atoms with Gasteiger partial charge in [-0.15, -0.1) is 11.8 Å². The number of aryl methyl sites for hydroxylation is 1. The minimum Gasteiger partial charge on any atom is -0.345 e. The van der Waals surface area contributed by atoms with Gasteiger partial charge in [0.25, 0.3) is 0 Å². The second-order valence-electron chi connectivity index (χ2n) is 7.52. The minimum absolute atomic E-state index is 0.0147. The van der Waals surface area contributed by atoms with Crippen molar-refractivity contribution in [2.24, 2.45) is 0 Å². The van der Waals surface area contributed by atoms with E-state index in [1.54, 1.807) is 18.9 Å². The van der Waals surface area contributed by atoms with Crippen LogP contribution in [0.2, 0.25) is 0 Å². The first-order valence-corrected chi connectivity index (χ1v) is 11.5. The van der Waals surface area contributed by atoms with Crippen molar-refractivity contribution >= 4 is 29.3 Å². The summed E-state index contributed by atoms with van der Waals surface area (Å²) in [5, 5.41) is 9.78. The molecule has 1 unspecified atom stereocenters. The Hall–Kier alpha value is -3.13. The van der Waals surface area contributed by atoms with Gasteiger partial charge in [-0.3, -0.25) is 14.7 Å². The average Bonchev–Trinajstić information content (AvgIpc) is 3.28. The summed E-state index contributed by atoms with van der Waals surface area (Å²) in [7, 11) is 1.78. The zero-order chi connectivity index (χ0) is 22.9. The van der Waals surface area contributed by atoms with Crippen LogP contribution in [-0.4, -0.2) is 51.5 Å². The predicted molar refractivity (Wildman–Crippen MR) is 127 cm³/mol. The molecule has 3 aromatic rings. The zero-order valence-electron chi connectivity index (χ0n) is 18.2. The minimum atomic E-state index is -0.358. The number of aromatic amines is 1. The lowest BCUT2D eigenvalue weighted by atomic mass is 10.1. The van der Waals surface area contributed by atoms with Gasteiger partial charge in [-0.2, -0.15) is 5.10 Å². The number of anilines is 1. The maximum absolute atomic E-state index is 12.9. The van der Waals surface area contributed by atoms with Crippen LogP contribution in [0.4, 0.5) is 10.1 Å². The maximum atomic E-state index is 12.9. The molecule has 2 N–H and O–H groups in total. The van der Waals surface area contributed by atoms with Crippen LogP contribution in [0.15, 0.2) is 60.7 Å². The number of hydrogen-bond acceptors (Lipinski definition) is 4. The summed E-state index contributed by atoms with van der Waals surface area (Å²) >= 11 is 1.28. The van der Waals surface area contributed by atoms with Crippen LogP contribution in [0.5, 0.6) is 0 Å². The Kier molecular flexibility index (Phi) is 8.44. The molecule has 6 nitrogen and oxygen atoms in total. The maximum Gasteiger partial charge on any atom is 0.235 e. The van der Waals surface area contributed by atoms with E-state index in [4.69, 9.17) is 0 Å². The fourth-order valence-electron chi connectivity index (χ4n) is 3.18. The van der Waals surface area contributed by atoms with Crippen LogP contribution in [-0.2, 0) is 16.0 Å². The molecule has 1 heterocycles. The van der Waals surface area contributed by atoms with Crippen molar-refractivity contribution in [1.82, 2.24) is 15.1 Å².